The second-order valence-electron chi connectivity index (χ2n) is 4.16. The Bertz CT molecular complexity index is 712. The van der Waals surface area contributed by atoms with Crippen LogP contribution in [0, 0.1) is 11.3 Å². The molecule has 0 aromatic heterocycles. The van der Waals surface area contributed by atoms with Gasteiger partial charge in [0.15, 0.2) is 5.78 Å². The number of carbonyl (C=O) groups is 1. The molecule has 0 atom stereocenters. The van der Waals surface area contributed by atoms with Gasteiger partial charge in [0.05, 0.1) is 11.6 Å². The van der Waals surface area contributed by atoms with Crippen LogP contribution in [0.2, 0.25) is 0 Å². The molecule has 0 saturated carbocycles. The van der Waals surface area contributed by atoms with Crippen molar-refractivity contribution in [3.8, 4) is 6.07 Å². The Labute approximate surface area is 125 Å². The summed E-state index contributed by atoms with van der Waals surface area (Å²) in [6.07, 6.45) is 3.17. The fourth-order valence-corrected chi connectivity index (χ4v) is 2.03. The Hall–Kier alpha value is -2.38. The van der Waals surface area contributed by atoms with Crippen molar-refractivity contribution >= 4 is 33.5 Å². The number of nitrogen functional groups attached to an aromatic ring is 1. The van der Waals surface area contributed by atoms with Crippen LogP contribution in [0.15, 0.2) is 53.0 Å². The van der Waals surface area contributed by atoms with Gasteiger partial charge in [-0.3, -0.25) is 4.79 Å². The van der Waals surface area contributed by atoms with Gasteiger partial charge in [-0.1, -0.05) is 34.1 Å². The van der Waals surface area contributed by atoms with E-state index in [0.29, 0.717) is 16.8 Å². The van der Waals surface area contributed by atoms with E-state index in [4.69, 9.17) is 11.0 Å². The molecule has 2 aromatic carbocycles. The number of halogens is 1. The van der Waals surface area contributed by atoms with E-state index in [0.717, 1.165) is 10.0 Å². The molecule has 2 aromatic rings. The Balaban J connectivity index is 2.20. The van der Waals surface area contributed by atoms with Gasteiger partial charge >= 0.3 is 0 Å². The number of anilines is 1. The second kappa shape index (κ2) is 6.18. The fourth-order valence-electron chi connectivity index (χ4n) is 1.67. The van der Waals surface area contributed by atoms with Crippen LogP contribution in [0.1, 0.15) is 21.5 Å². The van der Waals surface area contributed by atoms with Crippen LogP contribution < -0.4 is 5.73 Å². The molecule has 4 heteroatoms. The topological polar surface area (TPSA) is 66.9 Å². The number of hydrogen-bond acceptors (Lipinski definition) is 3. The molecule has 0 aliphatic rings. The van der Waals surface area contributed by atoms with Crippen LogP contribution in [0.3, 0.4) is 0 Å². The molecule has 0 bridgehead atoms. The van der Waals surface area contributed by atoms with Gasteiger partial charge in [0.1, 0.15) is 0 Å². The normalized spacial score (nSPS) is 10.4. The average molecular weight is 327 g/mol. The quantitative estimate of drug-likeness (QED) is 0.530. The first kappa shape index (κ1) is 14.0. The van der Waals surface area contributed by atoms with Gasteiger partial charge in [0.25, 0.3) is 0 Å². The summed E-state index contributed by atoms with van der Waals surface area (Å²) in [6.45, 7) is 0. The minimum absolute atomic E-state index is 0.159. The zero-order valence-electron chi connectivity index (χ0n) is 10.5. The largest absolute Gasteiger partial charge is 0.398 e. The van der Waals surface area contributed by atoms with Crippen LogP contribution in [0.5, 0.6) is 0 Å². The van der Waals surface area contributed by atoms with Crippen LogP contribution in [0.4, 0.5) is 5.69 Å². The third kappa shape index (κ3) is 3.34. The van der Waals surface area contributed by atoms with Crippen molar-refractivity contribution in [3.63, 3.8) is 0 Å². The molecule has 2 rings (SSSR count). The highest BCUT2D eigenvalue weighted by molar-refractivity contribution is 9.10. The molecule has 98 valence electrons. The number of nitrogens with two attached hydrogens (primary N) is 1. The predicted octanol–water partition coefficient (Wildman–Crippen LogP) is 3.80. The molecule has 2 N–H and O–H groups in total. The van der Waals surface area contributed by atoms with E-state index in [-0.39, 0.29) is 5.78 Å². The van der Waals surface area contributed by atoms with Crippen molar-refractivity contribution in [1.29, 1.82) is 5.26 Å². The molecule has 0 heterocycles. The number of allylic oxidation sites excluding steroid dienone is 1. The number of carbonyl (C=O) groups excluding carboxylic acids is 1. The number of nitriles is 1. The highest BCUT2D eigenvalue weighted by Gasteiger charge is 2.06. The summed E-state index contributed by atoms with van der Waals surface area (Å²) in [6, 6.07) is 14.2. The molecule has 0 radical (unpaired) electrons. The summed E-state index contributed by atoms with van der Waals surface area (Å²) in [5, 5.41) is 8.71. The first-order chi connectivity index (χ1) is 9.60. The number of hydrogen-bond donors (Lipinski definition) is 1. The van der Waals surface area contributed by atoms with Crippen molar-refractivity contribution in [2.24, 2.45) is 0 Å². The maximum Gasteiger partial charge on any atom is 0.187 e. The lowest BCUT2D eigenvalue weighted by molar-refractivity contribution is 0.104. The third-order valence-corrected chi connectivity index (χ3v) is 3.24. The molecule has 0 fully saturated rings. The van der Waals surface area contributed by atoms with Gasteiger partial charge in [-0.2, -0.15) is 5.26 Å². The molecule has 3 nitrogen and oxygen atoms in total. The minimum atomic E-state index is -0.159. The average Bonchev–Trinajstić information content (AvgIpc) is 2.47. The summed E-state index contributed by atoms with van der Waals surface area (Å²) >= 11 is 3.31. The molecule has 0 saturated heterocycles. The Kier molecular flexibility index (Phi) is 4.34. The predicted molar refractivity (Wildman–Crippen MR) is 83.1 cm³/mol. The van der Waals surface area contributed by atoms with Gasteiger partial charge in [0.2, 0.25) is 0 Å². The third-order valence-electron chi connectivity index (χ3n) is 2.75. The van der Waals surface area contributed by atoms with Crippen LogP contribution in [-0.2, 0) is 0 Å². The van der Waals surface area contributed by atoms with Crippen LogP contribution >= 0.6 is 15.9 Å². The van der Waals surface area contributed by atoms with E-state index in [1.165, 1.54) is 6.08 Å². The van der Waals surface area contributed by atoms with E-state index in [9.17, 15) is 4.79 Å². The molecule has 0 aliphatic heterocycles. The maximum atomic E-state index is 12.1. The maximum absolute atomic E-state index is 12.1. The lowest BCUT2D eigenvalue weighted by Gasteiger charge is -2.02. The van der Waals surface area contributed by atoms with E-state index < -0.39 is 0 Å². The van der Waals surface area contributed by atoms with Gasteiger partial charge in [0, 0.05) is 15.7 Å². The molecular weight excluding hydrogens is 316 g/mol. The number of rotatable bonds is 3. The Morgan fingerprint density at radius 1 is 1.20 bits per heavy atom. The second-order valence-corrected chi connectivity index (χ2v) is 5.08. The highest BCUT2D eigenvalue weighted by Crippen LogP contribution is 2.19. The van der Waals surface area contributed by atoms with E-state index in [1.807, 2.05) is 6.07 Å². The standard InChI is InChI=1S/C16H11BrN2O/c17-13-6-7-15(19)14(9-13)16(20)8-5-11-1-3-12(10-18)4-2-11/h1-9H,19H2/b8-5+. The van der Waals surface area contributed by atoms with E-state index in [2.05, 4.69) is 15.9 Å². The van der Waals surface area contributed by atoms with Gasteiger partial charge < -0.3 is 5.73 Å². The van der Waals surface area contributed by atoms with E-state index in [1.54, 1.807) is 48.5 Å². The van der Waals surface area contributed by atoms with Gasteiger partial charge in [-0.15, -0.1) is 0 Å². The summed E-state index contributed by atoms with van der Waals surface area (Å²) in [4.78, 5) is 12.1. The number of benzene rings is 2. The first-order valence-electron chi connectivity index (χ1n) is 5.88. The lowest BCUT2D eigenvalue weighted by Crippen LogP contribution is -2.00. The molecule has 0 amide bonds. The monoisotopic (exact) mass is 326 g/mol. The number of ketones is 1. The summed E-state index contributed by atoms with van der Waals surface area (Å²) in [7, 11) is 0. The highest BCUT2D eigenvalue weighted by atomic mass is 79.9. The summed E-state index contributed by atoms with van der Waals surface area (Å²) in [5.41, 5.74) is 8.14. The SMILES string of the molecule is N#Cc1ccc(/C=C/C(=O)c2cc(Br)ccc2N)cc1. The van der Waals surface area contributed by atoms with Crippen LogP contribution in [0.25, 0.3) is 6.08 Å². The summed E-state index contributed by atoms with van der Waals surface area (Å²) < 4.78 is 0.807. The number of nitrogens with zero attached hydrogens (tertiary/aromatic N) is 1. The summed E-state index contributed by atoms with van der Waals surface area (Å²) in [5.74, 6) is -0.159. The van der Waals surface area contributed by atoms with Crippen molar-refractivity contribution in [2.45, 2.75) is 0 Å². The fraction of sp³-hybridized carbons (Fsp3) is 0. The zero-order valence-corrected chi connectivity index (χ0v) is 12.1. The molecule has 0 spiro atoms. The van der Waals surface area contributed by atoms with Crippen molar-refractivity contribution in [3.05, 3.63) is 69.7 Å². The lowest BCUT2D eigenvalue weighted by atomic mass is 10.1. The first-order valence-corrected chi connectivity index (χ1v) is 6.67. The molecule has 0 aliphatic carbocycles. The van der Waals surface area contributed by atoms with Crippen molar-refractivity contribution in [1.82, 2.24) is 0 Å². The smallest absolute Gasteiger partial charge is 0.187 e. The Morgan fingerprint density at radius 2 is 1.90 bits per heavy atom. The van der Waals surface area contributed by atoms with Crippen LogP contribution in [-0.4, -0.2) is 5.78 Å². The zero-order chi connectivity index (χ0) is 14.5. The minimum Gasteiger partial charge on any atom is -0.398 e. The van der Waals surface area contributed by atoms with E-state index >= 15 is 0 Å². The Morgan fingerprint density at radius 3 is 2.55 bits per heavy atom. The molecule has 20 heavy (non-hydrogen) atoms. The molecular formula is C16H11BrN2O. The van der Waals surface area contributed by atoms with Gasteiger partial charge in [-0.05, 0) is 42.0 Å². The van der Waals surface area contributed by atoms with Crippen molar-refractivity contribution < 1.29 is 4.79 Å². The molecule has 0 unspecified atom stereocenters. The van der Waals surface area contributed by atoms with Crippen molar-refractivity contribution in [2.75, 3.05) is 5.73 Å². The van der Waals surface area contributed by atoms with Gasteiger partial charge in [-0.25, -0.2) is 0 Å².